The van der Waals surface area contributed by atoms with Gasteiger partial charge in [0.1, 0.15) is 0 Å². The number of allylic oxidation sites excluding steroid dienone is 2. The van der Waals surface area contributed by atoms with E-state index in [2.05, 4.69) is 48.4 Å². The molecule has 3 aliphatic carbocycles. The second-order valence-electron chi connectivity index (χ2n) is 7.96. The highest BCUT2D eigenvalue weighted by atomic mass is 15.1. The summed E-state index contributed by atoms with van der Waals surface area (Å²) >= 11 is 0. The third kappa shape index (κ3) is 2.65. The summed E-state index contributed by atoms with van der Waals surface area (Å²) in [5.74, 6) is 1.98. The van der Waals surface area contributed by atoms with Crippen molar-refractivity contribution in [3.05, 3.63) is 47.5 Å². The molecule has 1 heterocycles. The molecule has 1 nitrogen and oxygen atoms in total. The molecule has 0 aromatic heterocycles. The minimum absolute atomic E-state index is 0.545. The van der Waals surface area contributed by atoms with Crippen LogP contribution >= 0.6 is 0 Å². The maximum atomic E-state index is 2.46. The highest BCUT2D eigenvalue weighted by Crippen LogP contribution is 2.45. The molecule has 1 saturated carbocycles. The van der Waals surface area contributed by atoms with Crippen LogP contribution in [0.25, 0.3) is 0 Å². The molecule has 118 valence electrons. The molecule has 1 aromatic rings. The van der Waals surface area contributed by atoms with Crippen molar-refractivity contribution >= 4 is 0 Å². The zero-order valence-corrected chi connectivity index (χ0v) is 13.9. The van der Waals surface area contributed by atoms with Crippen LogP contribution in [0.1, 0.15) is 49.7 Å². The Morgan fingerprint density at radius 1 is 0.955 bits per heavy atom. The average Bonchev–Trinajstić information content (AvgIpc) is 3.28. The van der Waals surface area contributed by atoms with Crippen molar-refractivity contribution in [1.29, 1.82) is 0 Å². The first kappa shape index (κ1) is 14.5. The third-order valence-electron chi connectivity index (χ3n) is 6.57. The van der Waals surface area contributed by atoms with E-state index in [9.17, 15) is 0 Å². The van der Waals surface area contributed by atoms with Gasteiger partial charge in [-0.1, -0.05) is 36.4 Å². The maximum absolute atomic E-state index is 2.46. The van der Waals surface area contributed by atoms with Gasteiger partial charge in [-0.05, 0) is 93.5 Å². The molecule has 0 amide bonds. The first-order valence-electron chi connectivity index (χ1n) is 9.20. The van der Waals surface area contributed by atoms with Gasteiger partial charge in [-0.3, -0.25) is 0 Å². The molecule has 0 N–H and O–H groups in total. The van der Waals surface area contributed by atoms with Crippen LogP contribution in [0.3, 0.4) is 0 Å². The molecule has 5 rings (SSSR count). The van der Waals surface area contributed by atoms with Crippen molar-refractivity contribution in [2.45, 2.75) is 50.4 Å². The van der Waals surface area contributed by atoms with Gasteiger partial charge in [-0.2, -0.15) is 0 Å². The van der Waals surface area contributed by atoms with Gasteiger partial charge in [-0.15, -0.1) is 0 Å². The molecule has 4 aliphatic rings. The molecule has 1 heteroatoms. The van der Waals surface area contributed by atoms with Crippen molar-refractivity contribution in [3.63, 3.8) is 0 Å². The van der Waals surface area contributed by atoms with Gasteiger partial charge in [-0.25, -0.2) is 0 Å². The van der Waals surface area contributed by atoms with Crippen LogP contribution in [0.15, 0.2) is 36.4 Å². The van der Waals surface area contributed by atoms with Crippen LogP contribution in [-0.2, 0) is 11.8 Å². The van der Waals surface area contributed by atoms with Gasteiger partial charge in [0.25, 0.3) is 0 Å². The Bertz CT molecular complexity index is 539. The predicted octanol–water partition coefficient (Wildman–Crippen LogP) is 4.57. The number of piperidine rings is 1. The molecule has 2 unspecified atom stereocenters. The van der Waals surface area contributed by atoms with Crippen LogP contribution in [-0.4, -0.2) is 25.0 Å². The second kappa shape index (κ2) is 5.85. The lowest BCUT2D eigenvalue weighted by atomic mass is 9.74. The summed E-state index contributed by atoms with van der Waals surface area (Å²) in [6.45, 7) is 2.54. The van der Waals surface area contributed by atoms with E-state index in [1.165, 1.54) is 58.0 Å². The van der Waals surface area contributed by atoms with E-state index in [0.29, 0.717) is 5.41 Å². The van der Waals surface area contributed by atoms with E-state index in [-0.39, 0.29) is 0 Å². The number of hydrogen-bond acceptors (Lipinski definition) is 1. The lowest BCUT2D eigenvalue weighted by Crippen LogP contribution is -2.39. The van der Waals surface area contributed by atoms with Gasteiger partial charge in [0.05, 0.1) is 0 Å². The lowest BCUT2D eigenvalue weighted by molar-refractivity contribution is 0.187. The van der Waals surface area contributed by atoms with Crippen LogP contribution in [0.2, 0.25) is 0 Å². The largest absolute Gasteiger partial charge is 0.306 e. The number of aryl methyl sites for hydroxylation is 1. The second-order valence-corrected chi connectivity index (χ2v) is 7.96. The predicted molar refractivity (Wildman–Crippen MR) is 93.1 cm³/mol. The van der Waals surface area contributed by atoms with Crippen LogP contribution in [0.4, 0.5) is 0 Å². The number of benzene rings is 1. The van der Waals surface area contributed by atoms with Gasteiger partial charge in [0.15, 0.2) is 0 Å². The van der Waals surface area contributed by atoms with E-state index in [0.717, 1.165) is 11.8 Å². The number of fused-ring (bicyclic) bond motifs is 4. The Morgan fingerprint density at radius 2 is 1.64 bits per heavy atom. The Kier molecular flexibility index (Phi) is 3.86. The van der Waals surface area contributed by atoms with Gasteiger partial charge in [0.2, 0.25) is 0 Å². The smallest absolute Gasteiger partial charge is 0.00133 e. The highest BCUT2D eigenvalue weighted by Gasteiger charge is 2.40. The fraction of sp³-hybridized carbons (Fsp3) is 0.619. The number of rotatable bonds is 0. The molecular weight excluding hydrogens is 266 g/mol. The number of likely N-dealkylation sites (tertiary alicyclic amines) is 1. The molecule has 2 atom stereocenters. The number of hydrogen-bond donors (Lipinski definition) is 0. The molecule has 1 spiro atoms. The molecule has 0 radical (unpaired) electrons. The normalized spacial score (nSPS) is 31.1. The number of nitrogens with zero attached hydrogens (tertiary/aromatic N) is 1. The molecule has 1 aromatic carbocycles. The minimum Gasteiger partial charge on any atom is -0.306 e. The summed E-state index contributed by atoms with van der Waals surface area (Å²) in [6, 6.07) is 9.09. The van der Waals surface area contributed by atoms with E-state index in [1.807, 2.05) is 0 Å². The van der Waals surface area contributed by atoms with Crippen molar-refractivity contribution in [2.75, 3.05) is 20.1 Å². The van der Waals surface area contributed by atoms with E-state index < -0.39 is 0 Å². The summed E-state index contributed by atoms with van der Waals surface area (Å²) in [6.07, 6.45) is 14.6. The summed E-state index contributed by atoms with van der Waals surface area (Å²) in [5.41, 5.74) is 3.82. The van der Waals surface area contributed by atoms with Crippen molar-refractivity contribution in [2.24, 2.45) is 11.8 Å². The summed E-state index contributed by atoms with van der Waals surface area (Å²) in [4.78, 5) is 2.46. The zero-order chi connectivity index (χ0) is 15.0. The summed E-state index contributed by atoms with van der Waals surface area (Å²) in [7, 11) is 2.24. The topological polar surface area (TPSA) is 3.24 Å². The van der Waals surface area contributed by atoms with Gasteiger partial charge < -0.3 is 4.90 Å². The fourth-order valence-electron chi connectivity index (χ4n) is 5.05. The summed E-state index contributed by atoms with van der Waals surface area (Å²) < 4.78 is 0. The van der Waals surface area contributed by atoms with E-state index >= 15 is 0 Å². The molecule has 1 saturated heterocycles. The SMILES string of the molecule is C1=CC2CCC1C2.CN1CCC2(CCc3ccccc32)CC1. The fourth-order valence-corrected chi connectivity index (χ4v) is 5.05. The maximum Gasteiger partial charge on any atom is -0.00133 e. The Labute approximate surface area is 135 Å². The van der Waals surface area contributed by atoms with Crippen molar-refractivity contribution in [3.8, 4) is 0 Å². The van der Waals surface area contributed by atoms with E-state index in [1.54, 1.807) is 11.1 Å². The molecule has 2 fully saturated rings. The minimum atomic E-state index is 0.545. The Balaban J connectivity index is 0.000000148. The highest BCUT2D eigenvalue weighted by molar-refractivity contribution is 5.39. The quantitative estimate of drug-likeness (QED) is 0.634. The first-order chi connectivity index (χ1) is 10.8. The Hall–Kier alpha value is -1.08. The lowest BCUT2D eigenvalue weighted by Gasteiger charge is -2.38. The summed E-state index contributed by atoms with van der Waals surface area (Å²) in [5, 5.41) is 0. The first-order valence-corrected chi connectivity index (χ1v) is 9.20. The van der Waals surface area contributed by atoms with Crippen LogP contribution in [0.5, 0.6) is 0 Å². The van der Waals surface area contributed by atoms with Crippen LogP contribution < -0.4 is 0 Å². The molecular formula is C21H29N. The van der Waals surface area contributed by atoms with Crippen molar-refractivity contribution < 1.29 is 0 Å². The monoisotopic (exact) mass is 295 g/mol. The van der Waals surface area contributed by atoms with Crippen LogP contribution in [0, 0.1) is 11.8 Å². The van der Waals surface area contributed by atoms with E-state index in [4.69, 9.17) is 0 Å². The molecule has 1 aliphatic heterocycles. The van der Waals surface area contributed by atoms with Gasteiger partial charge >= 0.3 is 0 Å². The molecule has 2 bridgehead atoms. The Morgan fingerprint density at radius 3 is 2.23 bits per heavy atom. The van der Waals surface area contributed by atoms with Gasteiger partial charge in [0, 0.05) is 0 Å². The zero-order valence-electron chi connectivity index (χ0n) is 13.9. The molecule has 22 heavy (non-hydrogen) atoms. The van der Waals surface area contributed by atoms with Crippen molar-refractivity contribution in [1.82, 2.24) is 4.90 Å². The standard InChI is InChI=1S/C14H19N.C7H10/c1-15-10-8-14(9-11-15)7-6-12-4-2-3-5-13(12)14;1-2-7-4-3-6(1)5-7/h2-5H,6-11H2,1H3;1-2,6-7H,3-5H2. The average molecular weight is 295 g/mol. The third-order valence-corrected chi connectivity index (χ3v) is 6.57.